The molecule has 0 saturated carbocycles. The standard InChI is InChI=1S/C14H11ClF3N/c15-12-3-1-2-9(14(12)18)7-19-8-10-6-11(16)4-5-13(10)17/h1-6,19H,7-8H2. The van der Waals surface area contributed by atoms with Crippen molar-refractivity contribution in [2.24, 2.45) is 0 Å². The largest absolute Gasteiger partial charge is 0.308 e. The maximum absolute atomic E-state index is 13.6. The summed E-state index contributed by atoms with van der Waals surface area (Å²) in [4.78, 5) is 0. The van der Waals surface area contributed by atoms with E-state index in [1.807, 2.05) is 0 Å². The fraction of sp³-hybridized carbons (Fsp3) is 0.143. The predicted molar refractivity (Wildman–Crippen MR) is 68.3 cm³/mol. The maximum Gasteiger partial charge on any atom is 0.146 e. The Morgan fingerprint density at radius 3 is 2.47 bits per heavy atom. The molecule has 1 N–H and O–H groups in total. The number of hydrogen-bond acceptors (Lipinski definition) is 1. The fourth-order valence-electron chi connectivity index (χ4n) is 1.70. The van der Waals surface area contributed by atoms with E-state index in [1.165, 1.54) is 6.07 Å². The first-order valence-corrected chi connectivity index (χ1v) is 6.03. The molecule has 0 spiro atoms. The third-order valence-corrected chi connectivity index (χ3v) is 2.96. The molecule has 100 valence electrons. The van der Waals surface area contributed by atoms with Crippen LogP contribution in [0.1, 0.15) is 11.1 Å². The molecule has 0 bridgehead atoms. The smallest absolute Gasteiger partial charge is 0.146 e. The summed E-state index contributed by atoms with van der Waals surface area (Å²) in [5, 5.41) is 2.89. The average Bonchev–Trinajstić information content (AvgIpc) is 2.38. The van der Waals surface area contributed by atoms with E-state index in [4.69, 9.17) is 11.6 Å². The molecule has 2 aromatic rings. The highest BCUT2D eigenvalue weighted by molar-refractivity contribution is 6.30. The van der Waals surface area contributed by atoms with Gasteiger partial charge in [-0.25, -0.2) is 13.2 Å². The number of halogens is 4. The maximum atomic E-state index is 13.6. The quantitative estimate of drug-likeness (QED) is 0.894. The third kappa shape index (κ3) is 3.49. The first-order chi connectivity index (χ1) is 9.08. The zero-order chi connectivity index (χ0) is 13.8. The zero-order valence-corrected chi connectivity index (χ0v) is 10.6. The van der Waals surface area contributed by atoms with Crippen molar-refractivity contribution < 1.29 is 13.2 Å². The molecule has 19 heavy (non-hydrogen) atoms. The van der Waals surface area contributed by atoms with E-state index >= 15 is 0 Å². The molecule has 2 aromatic carbocycles. The van der Waals surface area contributed by atoms with Crippen molar-refractivity contribution in [1.82, 2.24) is 5.32 Å². The Kier molecular flexibility index (Phi) is 4.45. The van der Waals surface area contributed by atoms with E-state index in [-0.39, 0.29) is 23.7 Å². The van der Waals surface area contributed by atoms with Crippen molar-refractivity contribution in [2.75, 3.05) is 0 Å². The van der Waals surface area contributed by atoms with Crippen LogP contribution in [0.2, 0.25) is 5.02 Å². The van der Waals surface area contributed by atoms with Crippen molar-refractivity contribution in [3.8, 4) is 0 Å². The number of nitrogens with one attached hydrogen (secondary N) is 1. The van der Waals surface area contributed by atoms with E-state index < -0.39 is 17.5 Å². The summed E-state index contributed by atoms with van der Waals surface area (Å²) in [6.07, 6.45) is 0. The first-order valence-electron chi connectivity index (χ1n) is 5.65. The lowest BCUT2D eigenvalue weighted by atomic mass is 10.2. The normalized spacial score (nSPS) is 10.7. The molecule has 5 heteroatoms. The van der Waals surface area contributed by atoms with Gasteiger partial charge in [0.2, 0.25) is 0 Å². The molecule has 0 atom stereocenters. The second-order valence-electron chi connectivity index (χ2n) is 4.05. The van der Waals surface area contributed by atoms with Crippen molar-refractivity contribution >= 4 is 11.6 Å². The van der Waals surface area contributed by atoms with Crippen LogP contribution in [0.4, 0.5) is 13.2 Å². The molecule has 0 aliphatic carbocycles. The SMILES string of the molecule is Fc1ccc(F)c(CNCc2cccc(Cl)c2F)c1. The molecule has 0 heterocycles. The van der Waals surface area contributed by atoms with Crippen molar-refractivity contribution in [2.45, 2.75) is 13.1 Å². The summed E-state index contributed by atoms with van der Waals surface area (Å²) in [5.74, 6) is -1.51. The van der Waals surface area contributed by atoms with Gasteiger partial charge in [-0.1, -0.05) is 23.7 Å². The van der Waals surface area contributed by atoms with Crippen LogP contribution in [0.15, 0.2) is 36.4 Å². The van der Waals surface area contributed by atoms with E-state index in [1.54, 1.807) is 12.1 Å². The highest BCUT2D eigenvalue weighted by atomic mass is 35.5. The molecule has 0 aliphatic heterocycles. The monoisotopic (exact) mass is 285 g/mol. The van der Waals surface area contributed by atoms with Gasteiger partial charge in [0.1, 0.15) is 17.5 Å². The Morgan fingerprint density at radius 1 is 0.947 bits per heavy atom. The second-order valence-corrected chi connectivity index (χ2v) is 4.46. The summed E-state index contributed by atoms with van der Waals surface area (Å²) < 4.78 is 39.8. The van der Waals surface area contributed by atoms with Gasteiger partial charge in [0, 0.05) is 24.2 Å². The van der Waals surface area contributed by atoms with Gasteiger partial charge in [0.15, 0.2) is 0 Å². The number of rotatable bonds is 4. The number of hydrogen-bond donors (Lipinski definition) is 1. The van der Waals surface area contributed by atoms with Crippen molar-refractivity contribution in [1.29, 1.82) is 0 Å². The molecule has 1 nitrogen and oxygen atoms in total. The summed E-state index contributed by atoms with van der Waals surface area (Å²) in [6.45, 7) is 0.290. The van der Waals surface area contributed by atoms with Crippen molar-refractivity contribution in [3.63, 3.8) is 0 Å². The lowest BCUT2D eigenvalue weighted by Crippen LogP contribution is -2.15. The molecule has 0 saturated heterocycles. The molecule has 0 aliphatic rings. The van der Waals surface area contributed by atoms with Gasteiger partial charge in [0.05, 0.1) is 5.02 Å². The van der Waals surface area contributed by atoms with Crippen LogP contribution in [-0.2, 0) is 13.1 Å². The Hall–Kier alpha value is -1.52. The van der Waals surface area contributed by atoms with Crippen LogP contribution in [0.5, 0.6) is 0 Å². The van der Waals surface area contributed by atoms with Gasteiger partial charge in [-0.15, -0.1) is 0 Å². The minimum absolute atomic E-state index is 0.0382. The second kappa shape index (κ2) is 6.08. The number of benzene rings is 2. The van der Waals surface area contributed by atoms with Gasteiger partial charge >= 0.3 is 0 Å². The molecule has 0 amide bonds. The molecule has 0 aromatic heterocycles. The first kappa shape index (κ1) is 13.9. The summed E-state index contributed by atoms with van der Waals surface area (Å²) in [5.41, 5.74) is 0.576. The van der Waals surface area contributed by atoms with Gasteiger partial charge in [0.25, 0.3) is 0 Å². The van der Waals surface area contributed by atoms with E-state index in [9.17, 15) is 13.2 Å². The van der Waals surface area contributed by atoms with Crippen LogP contribution in [0.3, 0.4) is 0 Å². The Balaban J connectivity index is 2.00. The van der Waals surface area contributed by atoms with Crippen LogP contribution in [0, 0.1) is 17.5 Å². The van der Waals surface area contributed by atoms with Gasteiger partial charge in [-0.05, 0) is 24.3 Å². The van der Waals surface area contributed by atoms with E-state index in [2.05, 4.69) is 5.32 Å². The zero-order valence-electron chi connectivity index (χ0n) is 9.89. The highest BCUT2D eigenvalue weighted by Gasteiger charge is 2.07. The topological polar surface area (TPSA) is 12.0 Å². The Bertz CT molecular complexity index is 585. The van der Waals surface area contributed by atoms with Crippen LogP contribution < -0.4 is 5.32 Å². The summed E-state index contributed by atoms with van der Waals surface area (Å²) in [6, 6.07) is 7.88. The van der Waals surface area contributed by atoms with Crippen LogP contribution >= 0.6 is 11.6 Å². The summed E-state index contributed by atoms with van der Waals surface area (Å²) >= 11 is 5.64. The molecule has 0 fully saturated rings. The third-order valence-electron chi connectivity index (χ3n) is 2.67. The fourth-order valence-corrected chi connectivity index (χ4v) is 1.89. The predicted octanol–water partition coefficient (Wildman–Crippen LogP) is 4.05. The minimum Gasteiger partial charge on any atom is -0.308 e. The average molecular weight is 286 g/mol. The van der Waals surface area contributed by atoms with Crippen LogP contribution in [-0.4, -0.2) is 0 Å². The molecule has 0 unspecified atom stereocenters. The highest BCUT2D eigenvalue weighted by Crippen LogP contribution is 2.18. The molecule has 2 rings (SSSR count). The minimum atomic E-state index is -0.507. The lowest BCUT2D eigenvalue weighted by molar-refractivity contribution is 0.558. The van der Waals surface area contributed by atoms with Gasteiger partial charge < -0.3 is 5.32 Å². The summed E-state index contributed by atoms with van der Waals surface area (Å²) in [7, 11) is 0. The molecular weight excluding hydrogens is 275 g/mol. The molecule has 0 radical (unpaired) electrons. The van der Waals surface area contributed by atoms with Gasteiger partial charge in [-0.2, -0.15) is 0 Å². The van der Waals surface area contributed by atoms with E-state index in [0.29, 0.717) is 5.56 Å². The lowest BCUT2D eigenvalue weighted by Gasteiger charge is -2.08. The van der Waals surface area contributed by atoms with E-state index in [0.717, 1.165) is 18.2 Å². The Labute approximate surface area is 114 Å². The van der Waals surface area contributed by atoms with Crippen molar-refractivity contribution in [3.05, 3.63) is 70.0 Å². The van der Waals surface area contributed by atoms with Crippen LogP contribution in [0.25, 0.3) is 0 Å². The van der Waals surface area contributed by atoms with Gasteiger partial charge in [-0.3, -0.25) is 0 Å². The molecular formula is C14H11ClF3N. The Morgan fingerprint density at radius 2 is 1.68 bits per heavy atom.